The van der Waals surface area contributed by atoms with Crippen molar-refractivity contribution in [3.63, 3.8) is 0 Å². The van der Waals surface area contributed by atoms with Gasteiger partial charge in [-0.25, -0.2) is 0 Å². The highest BCUT2D eigenvalue weighted by atomic mass is 35.5. The van der Waals surface area contributed by atoms with Gasteiger partial charge in [0.1, 0.15) is 0 Å². The molecule has 1 nitrogen and oxygen atoms in total. The van der Waals surface area contributed by atoms with E-state index >= 15 is 0 Å². The number of benzene rings is 1. The quantitative estimate of drug-likeness (QED) is 0.718. The number of hydrogen-bond acceptors (Lipinski definition) is 2. The van der Waals surface area contributed by atoms with Crippen molar-refractivity contribution in [3.8, 4) is 0 Å². The van der Waals surface area contributed by atoms with Crippen molar-refractivity contribution in [2.24, 2.45) is 0 Å². The number of rotatable bonds is 3. The lowest BCUT2D eigenvalue weighted by Crippen LogP contribution is -2.05. The fraction of sp³-hybridized carbons (Fsp3) is 0.375. The summed E-state index contributed by atoms with van der Waals surface area (Å²) in [7, 11) is 0. The van der Waals surface area contributed by atoms with Crippen LogP contribution in [0.25, 0.3) is 0 Å². The molecule has 1 atom stereocenters. The number of hydrogen-bond donors (Lipinski definition) is 1. The Bertz CT molecular complexity index is 597. The van der Waals surface area contributed by atoms with Crippen molar-refractivity contribution in [2.75, 3.05) is 5.32 Å². The van der Waals surface area contributed by atoms with Gasteiger partial charge >= 0.3 is 0 Å². The molecule has 106 valence electrons. The predicted octanol–water partition coefficient (Wildman–Crippen LogP) is 6.11. The third kappa shape index (κ3) is 2.98. The van der Waals surface area contributed by atoms with Crippen molar-refractivity contribution in [1.82, 2.24) is 0 Å². The molecule has 0 spiro atoms. The average Bonchev–Trinajstić information content (AvgIpc) is 2.86. The summed E-state index contributed by atoms with van der Waals surface area (Å²) in [5.41, 5.74) is 2.49. The van der Waals surface area contributed by atoms with Gasteiger partial charge in [-0.1, -0.05) is 23.2 Å². The molecule has 4 heteroatoms. The highest BCUT2D eigenvalue weighted by Crippen LogP contribution is 2.35. The Morgan fingerprint density at radius 1 is 1.15 bits per heavy atom. The van der Waals surface area contributed by atoms with E-state index in [1.165, 1.54) is 30.6 Å². The summed E-state index contributed by atoms with van der Waals surface area (Å²) < 4.78 is 0. The van der Waals surface area contributed by atoms with Gasteiger partial charge in [0, 0.05) is 14.8 Å². The number of aryl methyl sites for hydroxylation is 2. The lowest BCUT2D eigenvalue weighted by Gasteiger charge is -2.15. The van der Waals surface area contributed by atoms with Crippen LogP contribution in [-0.2, 0) is 12.8 Å². The van der Waals surface area contributed by atoms with E-state index in [1.54, 1.807) is 16.5 Å². The third-order valence-electron chi connectivity index (χ3n) is 3.75. The molecule has 1 heterocycles. The topological polar surface area (TPSA) is 12.0 Å². The summed E-state index contributed by atoms with van der Waals surface area (Å²) in [6.07, 6.45) is 5.14. The van der Waals surface area contributed by atoms with Crippen LogP contribution in [0.3, 0.4) is 0 Å². The first-order valence-electron chi connectivity index (χ1n) is 6.96. The molecule has 1 aliphatic rings. The molecule has 0 bridgehead atoms. The molecule has 1 aromatic heterocycles. The zero-order valence-electron chi connectivity index (χ0n) is 11.4. The van der Waals surface area contributed by atoms with Crippen LogP contribution in [0.4, 0.5) is 5.69 Å². The van der Waals surface area contributed by atoms with E-state index in [9.17, 15) is 0 Å². The number of anilines is 1. The Kier molecular flexibility index (Phi) is 4.25. The monoisotopic (exact) mass is 325 g/mol. The van der Waals surface area contributed by atoms with Crippen molar-refractivity contribution in [2.45, 2.75) is 38.6 Å². The number of nitrogens with one attached hydrogen (secondary N) is 1. The van der Waals surface area contributed by atoms with Crippen LogP contribution in [0.15, 0.2) is 24.3 Å². The predicted molar refractivity (Wildman–Crippen MR) is 89.5 cm³/mol. The number of fused-ring (bicyclic) bond motifs is 1. The summed E-state index contributed by atoms with van der Waals surface area (Å²) in [5, 5.41) is 4.82. The van der Waals surface area contributed by atoms with Gasteiger partial charge in [0.25, 0.3) is 0 Å². The minimum atomic E-state index is 0.268. The Morgan fingerprint density at radius 2 is 1.95 bits per heavy atom. The van der Waals surface area contributed by atoms with Gasteiger partial charge in [-0.2, -0.15) is 0 Å². The van der Waals surface area contributed by atoms with Crippen molar-refractivity contribution in [1.29, 1.82) is 0 Å². The highest BCUT2D eigenvalue weighted by molar-refractivity contribution is 7.12. The summed E-state index contributed by atoms with van der Waals surface area (Å²) >= 11 is 14.1. The minimum Gasteiger partial charge on any atom is -0.377 e. The van der Waals surface area contributed by atoms with Crippen LogP contribution in [0, 0.1) is 0 Å². The molecule has 1 aromatic carbocycles. The lowest BCUT2D eigenvalue weighted by molar-refractivity contribution is 0.696. The van der Waals surface area contributed by atoms with Crippen LogP contribution in [0.2, 0.25) is 10.0 Å². The summed E-state index contributed by atoms with van der Waals surface area (Å²) in [5.74, 6) is 0. The average molecular weight is 326 g/mol. The largest absolute Gasteiger partial charge is 0.377 e. The van der Waals surface area contributed by atoms with E-state index in [1.807, 2.05) is 23.5 Å². The van der Waals surface area contributed by atoms with Gasteiger partial charge in [0.2, 0.25) is 0 Å². The van der Waals surface area contributed by atoms with Crippen molar-refractivity contribution in [3.05, 3.63) is 49.6 Å². The molecule has 1 unspecified atom stereocenters. The Morgan fingerprint density at radius 3 is 2.70 bits per heavy atom. The maximum absolute atomic E-state index is 6.22. The maximum atomic E-state index is 6.22. The SMILES string of the molecule is CC(Nc1ccc(Cl)cc1Cl)c1cc2c(s1)CCCC2. The van der Waals surface area contributed by atoms with E-state index in [0.717, 1.165) is 5.69 Å². The number of thiophene rings is 1. The molecule has 2 aromatic rings. The fourth-order valence-corrected chi connectivity index (χ4v) is 4.36. The van der Waals surface area contributed by atoms with Gasteiger partial charge < -0.3 is 5.32 Å². The van der Waals surface area contributed by atoms with Crippen LogP contribution < -0.4 is 5.32 Å². The zero-order chi connectivity index (χ0) is 14.1. The lowest BCUT2D eigenvalue weighted by atomic mass is 9.99. The van der Waals surface area contributed by atoms with Crippen LogP contribution >= 0.6 is 34.5 Å². The standard InChI is InChI=1S/C16H17Cl2NS/c1-10(19-14-7-6-12(17)9-13(14)18)16-8-11-4-2-3-5-15(11)20-16/h6-10,19H,2-5H2,1H3. The smallest absolute Gasteiger partial charge is 0.0652 e. The van der Waals surface area contributed by atoms with Gasteiger partial charge in [0.15, 0.2) is 0 Å². The van der Waals surface area contributed by atoms with Gasteiger partial charge in [-0.05, 0) is 62.4 Å². The molecule has 0 amide bonds. The molecular formula is C16H17Cl2NS. The first-order chi connectivity index (χ1) is 9.63. The molecular weight excluding hydrogens is 309 g/mol. The van der Waals surface area contributed by atoms with Crippen molar-refractivity contribution < 1.29 is 0 Å². The molecule has 20 heavy (non-hydrogen) atoms. The van der Waals surface area contributed by atoms with Gasteiger partial charge in [-0.15, -0.1) is 11.3 Å². The maximum Gasteiger partial charge on any atom is 0.0652 e. The molecule has 0 aliphatic heterocycles. The second kappa shape index (κ2) is 5.97. The molecule has 3 rings (SSSR count). The summed E-state index contributed by atoms with van der Waals surface area (Å²) in [6, 6.07) is 8.21. The fourth-order valence-electron chi connectivity index (χ4n) is 2.64. The van der Waals surface area contributed by atoms with E-state index < -0.39 is 0 Å². The second-order valence-electron chi connectivity index (χ2n) is 5.29. The first kappa shape index (κ1) is 14.2. The first-order valence-corrected chi connectivity index (χ1v) is 8.54. The third-order valence-corrected chi connectivity index (χ3v) is 5.71. The van der Waals surface area contributed by atoms with Gasteiger partial charge in [0.05, 0.1) is 16.8 Å². The molecule has 0 radical (unpaired) electrons. The number of halogens is 2. The Hall–Kier alpha value is -0.700. The van der Waals surface area contributed by atoms with E-state index in [2.05, 4.69) is 18.3 Å². The molecule has 1 N–H and O–H groups in total. The zero-order valence-corrected chi connectivity index (χ0v) is 13.7. The molecule has 0 saturated carbocycles. The summed E-state index contributed by atoms with van der Waals surface area (Å²) in [6.45, 7) is 2.18. The van der Waals surface area contributed by atoms with E-state index in [-0.39, 0.29) is 6.04 Å². The van der Waals surface area contributed by atoms with Crippen LogP contribution in [0.5, 0.6) is 0 Å². The Labute approximate surface area is 133 Å². The Balaban J connectivity index is 1.78. The normalized spacial score (nSPS) is 15.8. The van der Waals surface area contributed by atoms with Crippen molar-refractivity contribution >= 4 is 40.2 Å². The van der Waals surface area contributed by atoms with Crippen LogP contribution in [0.1, 0.15) is 41.1 Å². The minimum absolute atomic E-state index is 0.268. The van der Waals surface area contributed by atoms with Crippen LogP contribution in [-0.4, -0.2) is 0 Å². The highest BCUT2D eigenvalue weighted by Gasteiger charge is 2.17. The van der Waals surface area contributed by atoms with Gasteiger partial charge in [-0.3, -0.25) is 0 Å². The second-order valence-corrected chi connectivity index (χ2v) is 7.31. The molecule has 0 saturated heterocycles. The molecule has 1 aliphatic carbocycles. The summed E-state index contributed by atoms with van der Waals surface area (Å²) in [4.78, 5) is 2.96. The molecule has 0 fully saturated rings. The van der Waals surface area contributed by atoms with E-state index in [0.29, 0.717) is 10.0 Å². The van der Waals surface area contributed by atoms with E-state index in [4.69, 9.17) is 23.2 Å².